The normalized spacial score (nSPS) is 27.8. The second kappa shape index (κ2) is 8.08. The van der Waals surface area contributed by atoms with E-state index >= 15 is 0 Å². The number of hydrogen-bond acceptors (Lipinski definition) is 3. The maximum atomic E-state index is 12.1. The lowest BCUT2D eigenvalue weighted by Gasteiger charge is -2.32. The number of rotatable bonds is 5. The van der Waals surface area contributed by atoms with E-state index in [9.17, 15) is 4.79 Å². The molecule has 1 amide bonds. The zero-order valence-corrected chi connectivity index (χ0v) is 12.7. The van der Waals surface area contributed by atoms with Gasteiger partial charge in [-0.3, -0.25) is 4.79 Å². The Labute approximate surface area is 122 Å². The minimum Gasteiger partial charge on any atom is -0.376 e. The Morgan fingerprint density at radius 2 is 2.11 bits per heavy atom. The van der Waals surface area contributed by atoms with E-state index in [1.54, 1.807) is 0 Å². The van der Waals surface area contributed by atoms with Crippen molar-refractivity contribution >= 4 is 18.3 Å². The van der Waals surface area contributed by atoms with E-state index in [1.807, 2.05) is 6.92 Å². The number of carbonyl (C=O) groups excluding carboxylic acids is 1. The molecule has 2 rings (SSSR count). The average molecular weight is 291 g/mol. The molecule has 1 aliphatic carbocycles. The molecular formula is C14H27ClN2O2. The lowest BCUT2D eigenvalue weighted by molar-refractivity contribution is -0.131. The molecule has 5 heteroatoms. The van der Waals surface area contributed by atoms with Gasteiger partial charge in [-0.2, -0.15) is 0 Å². The fourth-order valence-corrected chi connectivity index (χ4v) is 2.91. The second-order valence-corrected chi connectivity index (χ2v) is 5.87. The van der Waals surface area contributed by atoms with Crippen molar-refractivity contribution in [2.75, 3.05) is 26.2 Å². The maximum absolute atomic E-state index is 12.1. The molecule has 1 heterocycles. The van der Waals surface area contributed by atoms with Crippen LogP contribution in [0.25, 0.3) is 0 Å². The smallest absolute Gasteiger partial charge is 0.227 e. The molecule has 0 spiro atoms. The third kappa shape index (κ3) is 4.93. The van der Waals surface area contributed by atoms with Gasteiger partial charge in [-0.25, -0.2) is 0 Å². The van der Waals surface area contributed by atoms with Gasteiger partial charge >= 0.3 is 0 Å². The predicted molar refractivity (Wildman–Crippen MR) is 78.7 cm³/mol. The molecule has 1 saturated carbocycles. The summed E-state index contributed by atoms with van der Waals surface area (Å²) in [6.45, 7) is 5.17. The van der Waals surface area contributed by atoms with Crippen LogP contribution in [-0.4, -0.2) is 38.3 Å². The quantitative estimate of drug-likeness (QED) is 0.760. The van der Waals surface area contributed by atoms with Crippen molar-refractivity contribution in [3.63, 3.8) is 0 Å². The van der Waals surface area contributed by atoms with Crippen LogP contribution < -0.4 is 10.6 Å². The van der Waals surface area contributed by atoms with Crippen LogP contribution in [0, 0.1) is 5.41 Å². The fourth-order valence-electron chi connectivity index (χ4n) is 2.91. The first kappa shape index (κ1) is 16.7. The zero-order valence-electron chi connectivity index (χ0n) is 11.9. The van der Waals surface area contributed by atoms with Crippen LogP contribution in [0.1, 0.15) is 45.4 Å². The number of piperidine rings is 1. The first-order valence-electron chi connectivity index (χ1n) is 7.31. The number of carbonyl (C=O) groups is 1. The molecule has 4 nitrogen and oxygen atoms in total. The summed E-state index contributed by atoms with van der Waals surface area (Å²) >= 11 is 0. The first-order chi connectivity index (χ1) is 8.71. The van der Waals surface area contributed by atoms with Gasteiger partial charge in [0.2, 0.25) is 5.91 Å². The lowest BCUT2D eigenvalue weighted by atomic mass is 9.82. The fraction of sp³-hybridized carbons (Fsp3) is 0.929. The van der Waals surface area contributed by atoms with E-state index in [2.05, 4.69) is 10.6 Å². The molecule has 19 heavy (non-hydrogen) atoms. The Bertz CT molecular complexity index is 275. The molecule has 0 radical (unpaired) electrons. The van der Waals surface area contributed by atoms with Crippen molar-refractivity contribution in [1.82, 2.24) is 10.6 Å². The molecule has 2 fully saturated rings. The van der Waals surface area contributed by atoms with Gasteiger partial charge in [0.1, 0.15) is 0 Å². The summed E-state index contributed by atoms with van der Waals surface area (Å²) in [5, 5.41) is 6.31. The summed E-state index contributed by atoms with van der Waals surface area (Å²) in [5.41, 5.74) is -0.231. The van der Waals surface area contributed by atoms with Crippen molar-refractivity contribution in [3.05, 3.63) is 0 Å². The zero-order chi connectivity index (χ0) is 12.8. The summed E-state index contributed by atoms with van der Waals surface area (Å²) in [4.78, 5) is 12.1. The van der Waals surface area contributed by atoms with Crippen LogP contribution >= 0.6 is 12.4 Å². The molecule has 0 bridgehead atoms. The van der Waals surface area contributed by atoms with Crippen molar-refractivity contribution in [2.24, 2.45) is 5.41 Å². The van der Waals surface area contributed by atoms with Crippen molar-refractivity contribution in [2.45, 2.75) is 51.6 Å². The van der Waals surface area contributed by atoms with E-state index < -0.39 is 0 Å². The van der Waals surface area contributed by atoms with E-state index in [4.69, 9.17) is 4.74 Å². The SMILES string of the molecule is CC1(C(=O)NCCOC2CCCC2)CCCNC1.Cl. The van der Waals surface area contributed by atoms with Gasteiger partial charge in [0.05, 0.1) is 18.1 Å². The average Bonchev–Trinajstić information content (AvgIpc) is 2.88. The summed E-state index contributed by atoms with van der Waals surface area (Å²) in [6.07, 6.45) is 7.47. The highest BCUT2D eigenvalue weighted by Gasteiger charge is 2.34. The van der Waals surface area contributed by atoms with Gasteiger partial charge in [-0.15, -0.1) is 12.4 Å². The Hall–Kier alpha value is -0.320. The molecule has 112 valence electrons. The maximum Gasteiger partial charge on any atom is 0.227 e. The molecule has 0 aromatic carbocycles. The highest BCUT2D eigenvalue weighted by atomic mass is 35.5. The van der Waals surface area contributed by atoms with E-state index in [1.165, 1.54) is 25.7 Å². The topological polar surface area (TPSA) is 50.4 Å². The minimum absolute atomic E-state index is 0. The Kier molecular flexibility index (Phi) is 7.11. The summed E-state index contributed by atoms with van der Waals surface area (Å²) in [7, 11) is 0. The van der Waals surface area contributed by atoms with E-state index in [0.29, 0.717) is 19.3 Å². The monoisotopic (exact) mass is 290 g/mol. The van der Waals surface area contributed by atoms with Crippen LogP contribution in [0.2, 0.25) is 0 Å². The van der Waals surface area contributed by atoms with Crippen LogP contribution in [0.4, 0.5) is 0 Å². The molecule has 0 aromatic heterocycles. The number of halogens is 1. The Morgan fingerprint density at radius 1 is 1.37 bits per heavy atom. The molecule has 1 unspecified atom stereocenters. The van der Waals surface area contributed by atoms with Gasteiger partial charge < -0.3 is 15.4 Å². The summed E-state index contributed by atoms with van der Waals surface area (Å²) in [5.74, 6) is 0.171. The van der Waals surface area contributed by atoms with Crippen LogP contribution in [-0.2, 0) is 9.53 Å². The number of nitrogens with one attached hydrogen (secondary N) is 2. The molecule has 0 aromatic rings. The van der Waals surface area contributed by atoms with Gasteiger partial charge in [0.25, 0.3) is 0 Å². The van der Waals surface area contributed by atoms with Crippen molar-refractivity contribution in [3.8, 4) is 0 Å². The van der Waals surface area contributed by atoms with Crippen LogP contribution in [0.5, 0.6) is 0 Å². The van der Waals surface area contributed by atoms with Crippen LogP contribution in [0.15, 0.2) is 0 Å². The highest BCUT2D eigenvalue weighted by Crippen LogP contribution is 2.25. The summed E-state index contributed by atoms with van der Waals surface area (Å²) < 4.78 is 5.74. The number of amides is 1. The van der Waals surface area contributed by atoms with Gasteiger partial charge in [-0.1, -0.05) is 12.8 Å². The highest BCUT2D eigenvalue weighted by molar-refractivity contribution is 5.85. The van der Waals surface area contributed by atoms with Gasteiger partial charge in [0.15, 0.2) is 0 Å². The number of ether oxygens (including phenoxy) is 1. The van der Waals surface area contributed by atoms with Crippen molar-refractivity contribution < 1.29 is 9.53 Å². The van der Waals surface area contributed by atoms with E-state index in [0.717, 1.165) is 25.9 Å². The lowest BCUT2D eigenvalue weighted by Crippen LogP contribution is -2.49. The number of hydrogen-bond donors (Lipinski definition) is 2. The predicted octanol–water partition coefficient (Wildman–Crippen LogP) is 1.87. The third-order valence-corrected chi connectivity index (χ3v) is 4.19. The molecule has 1 atom stereocenters. The third-order valence-electron chi connectivity index (χ3n) is 4.19. The molecule has 1 saturated heterocycles. The largest absolute Gasteiger partial charge is 0.376 e. The summed E-state index contributed by atoms with van der Waals surface area (Å²) in [6, 6.07) is 0. The minimum atomic E-state index is -0.231. The first-order valence-corrected chi connectivity index (χ1v) is 7.31. The second-order valence-electron chi connectivity index (χ2n) is 5.87. The van der Waals surface area contributed by atoms with Crippen molar-refractivity contribution in [1.29, 1.82) is 0 Å². The molecular weight excluding hydrogens is 264 g/mol. The molecule has 2 aliphatic rings. The molecule has 1 aliphatic heterocycles. The molecule has 2 N–H and O–H groups in total. The van der Waals surface area contributed by atoms with E-state index in [-0.39, 0.29) is 23.7 Å². The Morgan fingerprint density at radius 3 is 2.74 bits per heavy atom. The standard InChI is InChI=1S/C14H26N2O2.ClH/c1-14(7-4-8-15-11-14)13(17)16-9-10-18-12-5-2-3-6-12;/h12,15H,2-11H2,1H3,(H,16,17);1H. The van der Waals surface area contributed by atoms with Crippen LogP contribution in [0.3, 0.4) is 0 Å². The Balaban J connectivity index is 0.00000180. The van der Waals surface area contributed by atoms with Gasteiger partial charge in [0, 0.05) is 13.1 Å². The van der Waals surface area contributed by atoms with Gasteiger partial charge in [-0.05, 0) is 39.2 Å².